The van der Waals surface area contributed by atoms with Crippen LogP contribution in [0.1, 0.15) is 15.9 Å². The lowest BCUT2D eigenvalue weighted by molar-refractivity contribution is 0.102. The van der Waals surface area contributed by atoms with Gasteiger partial charge in [-0.2, -0.15) is 0 Å². The summed E-state index contributed by atoms with van der Waals surface area (Å²) in [4.78, 5) is 12.4. The molecule has 0 aliphatic carbocycles. The Labute approximate surface area is 140 Å². The average Bonchev–Trinajstić information content (AvgIpc) is 2.40. The second-order valence-corrected chi connectivity index (χ2v) is 6.32. The maximum atomic E-state index is 12.4. The summed E-state index contributed by atoms with van der Waals surface area (Å²) in [6.07, 6.45) is 0. The normalized spacial score (nSPS) is 10.2. The van der Waals surface area contributed by atoms with Crippen LogP contribution in [0.3, 0.4) is 0 Å². The fraction of sp³-hybridized carbons (Fsp3) is 0.133. The summed E-state index contributed by atoms with van der Waals surface area (Å²) in [5.74, 6) is 0.409. The zero-order valence-corrected chi connectivity index (χ0v) is 14.8. The number of carbonyl (C=O) groups excluding carboxylic acids is 1. The van der Waals surface area contributed by atoms with Gasteiger partial charge in [0.25, 0.3) is 5.91 Å². The predicted octanol–water partition coefficient (Wildman–Crippen LogP) is 4.62. The number of ether oxygens (including phenoxy) is 1. The van der Waals surface area contributed by atoms with Crippen molar-refractivity contribution in [3.63, 3.8) is 0 Å². The molecule has 0 radical (unpaired) electrons. The second kappa shape index (κ2) is 6.58. The Balaban J connectivity index is 2.37. The van der Waals surface area contributed by atoms with Crippen LogP contribution in [0.15, 0.2) is 40.9 Å². The van der Waals surface area contributed by atoms with Crippen LogP contribution in [0.4, 0.5) is 5.69 Å². The number of nitrogens with one attached hydrogen (secondary N) is 1. The van der Waals surface area contributed by atoms with E-state index in [9.17, 15) is 4.79 Å². The van der Waals surface area contributed by atoms with Crippen molar-refractivity contribution in [1.29, 1.82) is 0 Å². The summed E-state index contributed by atoms with van der Waals surface area (Å²) in [6.45, 7) is 1.91. The standard InChI is InChI=1S/C15H13BrINO2/c1-9-7-10(16)8-11(14(9)20-2)15(19)18-13-6-4-3-5-12(13)17/h3-8H,1-2H3,(H,18,19). The van der Waals surface area contributed by atoms with E-state index in [0.717, 1.165) is 19.3 Å². The monoisotopic (exact) mass is 445 g/mol. The fourth-order valence-corrected chi connectivity index (χ4v) is 3.02. The van der Waals surface area contributed by atoms with Crippen LogP contribution in [0, 0.1) is 10.5 Å². The lowest BCUT2D eigenvalue weighted by Crippen LogP contribution is -2.14. The van der Waals surface area contributed by atoms with Crippen LogP contribution in [-0.4, -0.2) is 13.0 Å². The zero-order valence-electron chi connectivity index (χ0n) is 11.0. The molecule has 0 atom stereocenters. The Bertz CT molecular complexity index is 658. The third-order valence-electron chi connectivity index (χ3n) is 2.81. The number of benzene rings is 2. The lowest BCUT2D eigenvalue weighted by atomic mass is 10.1. The van der Waals surface area contributed by atoms with Gasteiger partial charge in [-0.3, -0.25) is 4.79 Å². The van der Waals surface area contributed by atoms with Crippen LogP contribution >= 0.6 is 38.5 Å². The smallest absolute Gasteiger partial charge is 0.259 e. The minimum atomic E-state index is -0.185. The van der Waals surface area contributed by atoms with E-state index in [0.29, 0.717) is 11.3 Å². The lowest BCUT2D eigenvalue weighted by Gasteiger charge is -2.13. The third kappa shape index (κ3) is 3.32. The van der Waals surface area contributed by atoms with Crippen molar-refractivity contribution in [2.45, 2.75) is 6.92 Å². The molecule has 0 unspecified atom stereocenters. The molecule has 2 aromatic rings. The number of anilines is 1. The summed E-state index contributed by atoms with van der Waals surface area (Å²) < 4.78 is 7.18. The number of hydrogen-bond acceptors (Lipinski definition) is 2. The first-order chi connectivity index (χ1) is 9.52. The number of carbonyl (C=O) groups is 1. The molecule has 0 heterocycles. The van der Waals surface area contributed by atoms with E-state index in [1.807, 2.05) is 37.3 Å². The Morgan fingerprint density at radius 1 is 1.30 bits per heavy atom. The molecule has 1 N–H and O–H groups in total. The first-order valence-corrected chi connectivity index (χ1v) is 7.80. The molecule has 0 aromatic heterocycles. The van der Waals surface area contributed by atoms with Crippen molar-refractivity contribution in [2.24, 2.45) is 0 Å². The van der Waals surface area contributed by atoms with Gasteiger partial charge in [0.05, 0.1) is 18.4 Å². The maximum absolute atomic E-state index is 12.4. The fourth-order valence-electron chi connectivity index (χ4n) is 1.92. The van der Waals surface area contributed by atoms with Gasteiger partial charge in [-0.15, -0.1) is 0 Å². The van der Waals surface area contributed by atoms with Gasteiger partial charge in [0, 0.05) is 8.04 Å². The summed E-state index contributed by atoms with van der Waals surface area (Å²) >= 11 is 5.60. The summed E-state index contributed by atoms with van der Waals surface area (Å²) in [6, 6.07) is 11.3. The highest BCUT2D eigenvalue weighted by atomic mass is 127. The highest BCUT2D eigenvalue weighted by Crippen LogP contribution is 2.29. The average molecular weight is 446 g/mol. The van der Waals surface area contributed by atoms with Crippen molar-refractivity contribution in [2.75, 3.05) is 12.4 Å². The number of amides is 1. The molecule has 2 aromatic carbocycles. The van der Waals surface area contributed by atoms with Gasteiger partial charge in [-0.05, 0) is 59.3 Å². The molecular weight excluding hydrogens is 433 g/mol. The summed E-state index contributed by atoms with van der Waals surface area (Å²) in [7, 11) is 1.57. The van der Waals surface area contributed by atoms with E-state index < -0.39 is 0 Å². The van der Waals surface area contributed by atoms with Gasteiger partial charge in [0.1, 0.15) is 5.75 Å². The van der Waals surface area contributed by atoms with Crippen molar-refractivity contribution >= 4 is 50.1 Å². The van der Waals surface area contributed by atoms with Gasteiger partial charge in [0.15, 0.2) is 0 Å². The molecule has 0 saturated carbocycles. The SMILES string of the molecule is COc1c(C)cc(Br)cc1C(=O)Nc1ccccc1I. The van der Waals surface area contributed by atoms with Gasteiger partial charge in [-0.25, -0.2) is 0 Å². The molecule has 2 rings (SSSR count). The molecule has 104 valence electrons. The topological polar surface area (TPSA) is 38.3 Å². The van der Waals surface area contributed by atoms with Crippen molar-refractivity contribution in [3.8, 4) is 5.75 Å². The van der Waals surface area contributed by atoms with Crippen LogP contribution in [-0.2, 0) is 0 Å². The van der Waals surface area contributed by atoms with Gasteiger partial charge >= 0.3 is 0 Å². The molecule has 0 aliphatic heterocycles. The van der Waals surface area contributed by atoms with Crippen molar-refractivity contribution < 1.29 is 9.53 Å². The van der Waals surface area contributed by atoms with E-state index in [4.69, 9.17) is 4.74 Å². The first kappa shape index (κ1) is 15.3. The zero-order chi connectivity index (χ0) is 14.7. The molecule has 5 heteroatoms. The molecule has 0 fully saturated rings. The highest BCUT2D eigenvalue weighted by Gasteiger charge is 2.16. The molecule has 3 nitrogen and oxygen atoms in total. The Morgan fingerprint density at radius 2 is 2.00 bits per heavy atom. The van der Waals surface area contributed by atoms with Gasteiger partial charge in [-0.1, -0.05) is 28.1 Å². The van der Waals surface area contributed by atoms with E-state index in [1.165, 1.54) is 0 Å². The maximum Gasteiger partial charge on any atom is 0.259 e. The first-order valence-electron chi connectivity index (χ1n) is 5.93. The number of halogens is 2. The summed E-state index contributed by atoms with van der Waals surface area (Å²) in [5, 5.41) is 2.91. The molecular formula is C15H13BrINO2. The highest BCUT2D eigenvalue weighted by molar-refractivity contribution is 14.1. The minimum absolute atomic E-state index is 0.185. The molecule has 20 heavy (non-hydrogen) atoms. The second-order valence-electron chi connectivity index (χ2n) is 4.24. The third-order valence-corrected chi connectivity index (χ3v) is 4.21. The van der Waals surface area contributed by atoms with Crippen LogP contribution in [0.2, 0.25) is 0 Å². The minimum Gasteiger partial charge on any atom is -0.496 e. The van der Waals surface area contributed by atoms with Gasteiger partial charge in [0.2, 0.25) is 0 Å². The van der Waals surface area contributed by atoms with Crippen LogP contribution in [0.5, 0.6) is 5.75 Å². The molecule has 0 bridgehead atoms. The molecule has 1 amide bonds. The number of methoxy groups -OCH3 is 1. The Kier molecular flexibility index (Phi) is 5.04. The summed E-state index contributed by atoms with van der Waals surface area (Å²) in [5.41, 5.74) is 2.21. The van der Waals surface area contributed by atoms with Crippen LogP contribution < -0.4 is 10.1 Å². The van der Waals surface area contributed by atoms with E-state index >= 15 is 0 Å². The number of para-hydroxylation sites is 1. The van der Waals surface area contributed by atoms with E-state index in [-0.39, 0.29) is 5.91 Å². The van der Waals surface area contributed by atoms with Crippen molar-refractivity contribution in [3.05, 3.63) is 55.6 Å². The molecule has 0 saturated heterocycles. The van der Waals surface area contributed by atoms with Crippen molar-refractivity contribution in [1.82, 2.24) is 0 Å². The molecule has 0 spiro atoms. The quantitative estimate of drug-likeness (QED) is 0.700. The predicted molar refractivity (Wildman–Crippen MR) is 92.5 cm³/mol. The van der Waals surface area contributed by atoms with E-state index in [1.54, 1.807) is 13.2 Å². The Hall–Kier alpha value is -1.08. The van der Waals surface area contributed by atoms with Gasteiger partial charge < -0.3 is 10.1 Å². The van der Waals surface area contributed by atoms with Crippen LogP contribution in [0.25, 0.3) is 0 Å². The number of aryl methyl sites for hydroxylation is 1. The number of hydrogen-bond donors (Lipinski definition) is 1. The van der Waals surface area contributed by atoms with E-state index in [2.05, 4.69) is 43.8 Å². The largest absolute Gasteiger partial charge is 0.496 e. The molecule has 0 aliphatic rings. The number of rotatable bonds is 3. The Morgan fingerprint density at radius 3 is 2.65 bits per heavy atom.